The van der Waals surface area contributed by atoms with Crippen molar-refractivity contribution >= 4 is 12.3 Å². The number of aliphatic hydroxyl groups is 1. The molecule has 5 nitrogen and oxygen atoms in total. The third kappa shape index (κ3) is 2.98. The summed E-state index contributed by atoms with van der Waals surface area (Å²) in [7, 11) is 0. The van der Waals surface area contributed by atoms with Crippen LogP contribution in [0.3, 0.4) is 0 Å². The number of carboxylic acids is 1. The fourth-order valence-electron chi connectivity index (χ4n) is 1.24. The minimum Gasteiger partial charge on any atom is -0.479 e. The predicted molar refractivity (Wildman–Crippen MR) is 51.0 cm³/mol. The van der Waals surface area contributed by atoms with Gasteiger partial charge in [-0.25, -0.2) is 9.18 Å². The number of rotatable bonds is 5. The minimum atomic E-state index is -3.34. The molecule has 0 bridgehead atoms. The van der Waals surface area contributed by atoms with E-state index in [1.165, 1.54) is 0 Å². The Kier molecular flexibility index (Phi) is 4.27. The molecule has 0 aliphatic heterocycles. The van der Waals surface area contributed by atoms with Crippen molar-refractivity contribution in [2.75, 3.05) is 0 Å². The Balaban J connectivity index is 3.26. The van der Waals surface area contributed by atoms with E-state index in [0.29, 0.717) is 6.07 Å². The van der Waals surface area contributed by atoms with Gasteiger partial charge in [0.15, 0.2) is 24.0 Å². The zero-order valence-corrected chi connectivity index (χ0v) is 8.64. The summed E-state index contributed by atoms with van der Waals surface area (Å²) in [6, 6.07) is 1.26. The highest BCUT2D eigenvalue weighted by Crippen LogP contribution is 2.27. The van der Waals surface area contributed by atoms with Crippen LogP contribution < -0.4 is 4.74 Å². The second kappa shape index (κ2) is 5.50. The number of aldehydes is 1. The summed E-state index contributed by atoms with van der Waals surface area (Å²) in [6.45, 7) is -3.34. The lowest BCUT2D eigenvalue weighted by Gasteiger charge is -2.12. The van der Waals surface area contributed by atoms with E-state index in [9.17, 15) is 22.8 Å². The Bertz CT molecular complexity index is 475. The molecule has 18 heavy (non-hydrogen) atoms. The van der Waals surface area contributed by atoms with Crippen LogP contribution in [0.1, 0.15) is 22.0 Å². The van der Waals surface area contributed by atoms with Gasteiger partial charge >= 0.3 is 12.6 Å². The molecular weight excluding hydrogens is 257 g/mol. The van der Waals surface area contributed by atoms with Crippen LogP contribution in [0, 0.1) is 5.82 Å². The van der Waals surface area contributed by atoms with Gasteiger partial charge in [-0.1, -0.05) is 0 Å². The van der Waals surface area contributed by atoms with Crippen LogP contribution in [0.15, 0.2) is 12.1 Å². The lowest BCUT2D eigenvalue weighted by molar-refractivity contribution is -0.147. The van der Waals surface area contributed by atoms with E-state index in [-0.39, 0.29) is 6.29 Å². The van der Waals surface area contributed by atoms with Crippen molar-refractivity contribution in [3.63, 3.8) is 0 Å². The molecule has 0 heterocycles. The SMILES string of the molecule is O=Cc1cc(C(O)C(=O)O)cc(F)c1OC(F)F. The second-order valence-electron chi connectivity index (χ2n) is 3.16. The molecule has 8 heteroatoms. The molecule has 98 valence electrons. The topological polar surface area (TPSA) is 83.8 Å². The first-order chi connectivity index (χ1) is 8.36. The monoisotopic (exact) mass is 264 g/mol. The number of hydrogen-bond acceptors (Lipinski definition) is 4. The highest BCUT2D eigenvalue weighted by Gasteiger charge is 2.22. The minimum absolute atomic E-state index is 0.0128. The standard InChI is InChI=1S/C10H7F3O5/c11-6-2-4(7(15)9(16)17)1-5(3-14)8(6)18-10(12)13/h1-3,7,10,15H,(H,16,17). The van der Waals surface area contributed by atoms with Crippen molar-refractivity contribution < 1.29 is 37.7 Å². The van der Waals surface area contributed by atoms with Crippen molar-refractivity contribution in [3.8, 4) is 5.75 Å². The Morgan fingerprint density at radius 1 is 1.39 bits per heavy atom. The van der Waals surface area contributed by atoms with E-state index in [0.717, 1.165) is 6.07 Å². The highest BCUT2D eigenvalue weighted by molar-refractivity contribution is 5.81. The van der Waals surface area contributed by atoms with Crippen LogP contribution in [0.25, 0.3) is 0 Å². The molecule has 0 radical (unpaired) electrons. The number of hydrogen-bond donors (Lipinski definition) is 2. The van der Waals surface area contributed by atoms with Crippen molar-refractivity contribution in [1.29, 1.82) is 0 Å². The van der Waals surface area contributed by atoms with E-state index in [2.05, 4.69) is 4.74 Å². The number of carboxylic acid groups (broad SMARTS) is 1. The van der Waals surface area contributed by atoms with Crippen molar-refractivity contribution in [1.82, 2.24) is 0 Å². The van der Waals surface area contributed by atoms with E-state index in [1.807, 2.05) is 0 Å². The van der Waals surface area contributed by atoms with Crippen LogP contribution in [0.4, 0.5) is 13.2 Å². The third-order valence-electron chi connectivity index (χ3n) is 1.98. The molecule has 0 aliphatic carbocycles. The lowest BCUT2D eigenvalue weighted by Crippen LogP contribution is -2.13. The largest absolute Gasteiger partial charge is 0.479 e. The van der Waals surface area contributed by atoms with Gasteiger partial charge in [0.2, 0.25) is 0 Å². The number of ether oxygens (including phenoxy) is 1. The molecule has 0 fully saturated rings. The number of aliphatic hydroxyl groups excluding tert-OH is 1. The van der Waals surface area contributed by atoms with E-state index in [4.69, 9.17) is 10.2 Å². The average Bonchev–Trinajstić information content (AvgIpc) is 2.29. The summed E-state index contributed by atoms with van der Waals surface area (Å²) in [5, 5.41) is 17.6. The fourth-order valence-corrected chi connectivity index (χ4v) is 1.24. The summed E-state index contributed by atoms with van der Waals surface area (Å²) in [5.41, 5.74) is -1.07. The molecule has 0 saturated carbocycles. The molecule has 1 unspecified atom stereocenters. The summed E-state index contributed by atoms with van der Waals surface area (Å²) in [4.78, 5) is 21.0. The van der Waals surface area contributed by atoms with Gasteiger partial charge in [-0.3, -0.25) is 4.79 Å². The summed E-state index contributed by atoms with van der Waals surface area (Å²) in [5.74, 6) is -4.04. The second-order valence-corrected chi connectivity index (χ2v) is 3.16. The van der Waals surface area contributed by atoms with Crippen LogP contribution in [0.5, 0.6) is 5.75 Å². The molecule has 1 aromatic rings. The number of aliphatic carboxylic acids is 1. The number of alkyl halides is 2. The zero-order valence-electron chi connectivity index (χ0n) is 8.64. The first kappa shape index (κ1) is 14.0. The average molecular weight is 264 g/mol. The van der Waals surface area contributed by atoms with Gasteiger partial charge in [0.05, 0.1) is 5.56 Å². The molecule has 2 N–H and O–H groups in total. The quantitative estimate of drug-likeness (QED) is 0.784. The Hall–Kier alpha value is -2.09. The van der Waals surface area contributed by atoms with E-state index in [1.54, 1.807) is 0 Å². The molecule has 0 spiro atoms. The van der Waals surface area contributed by atoms with Crippen molar-refractivity contribution in [3.05, 3.63) is 29.1 Å². The number of carbonyl (C=O) groups is 2. The summed E-state index contributed by atoms with van der Waals surface area (Å²) >= 11 is 0. The normalized spacial score (nSPS) is 12.3. The summed E-state index contributed by atoms with van der Waals surface area (Å²) in [6.07, 6.45) is -2.06. The van der Waals surface area contributed by atoms with Gasteiger partial charge in [0, 0.05) is 0 Å². The number of benzene rings is 1. The molecule has 0 aliphatic rings. The third-order valence-corrected chi connectivity index (χ3v) is 1.98. The maximum Gasteiger partial charge on any atom is 0.387 e. The molecule has 0 amide bonds. The van der Waals surface area contributed by atoms with Gasteiger partial charge in [-0.15, -0.1) is 0 Å². The molecule has 0 aromatic heterocycles. The molecule has 1 atom stereocenters. The Morgan fingerprint density at radius 3 is 2.44 bits per heavy atom. The molecule has 1 aromatic carbocycles. The lowest BCUT2D eigenvalue weighted by atomic mass is 10.1. The van der Waals surface area contributed by atoms with Gasteiger partial charge in [0.25, 0.3) is 0 Å². The smallest absolute Gasteiger partial charge is 0.387 e. The Morgan fingerprint density at radius 2 is 2.00 bits per heavy atom. The first-order valence-corrected chi connectivity index (χ1v) is 4.51. The highest BCUT2D eigenvalue weighted by atomic mass is 19.3. The van der Waals surface area contributed by atoms with Gasteiger partial charge in [0.1, 0.15) is 0 Å². The molecular formula is C10H7F3O5. The molecule has 0 saturated heterocycles. The fraction of sp³-hybridized carbons (Fsp3) is 0.200. The zero-order chi connectivity index (χ0) is 13.9. The predicted octanol–water partition coefficient (Wildman–Crippen LogP) is 1.36. The number of carbonyl (C=O) groups excluding carboxylic acids is 1. The Labute approximate surface area is 98.4 Å². The maximum atomic E-state index is 13.4. The van der Waals surface area contributed by atoms with Crippen LogP contribution >= 0.6 is 0 Å². The first-order valence-electron chi connectivity index (χ1n) is 4.51. The van der Waals surface area contributed by atoms with Crippen LogP contribution in [0.2, 0.25) is 0 Å². The van der Waals surface area contributed by atoms with Gasteiger partial charge < -0.3 is 14.9 Å². The van der Waals surface area contributed by atoms with Crippen LogP contribution in [-0.4, -0.2) is 29.1 Å². The maximum absolute atomic E-state index is 13.4. The number of halogens is 3. The van der Waals surface area contributed by atoms with Crippen molar-refractivity contribution in [2.45, 2.75) is 12.7 Å². The van der Waals surface area contributed by atoms with E-state index < -0.39 is 41.4 Å². The van der Waals surface area contributed by atoms with E-state index >= 15 is 0 Å². The van der Waals surface area contributed by atoms with Crippen molar-refractivity contribution in [2.24, 2.45) is 0 Å². The molecule has 1 rings (SSSR count). The van der Waals surface area contributed by atoms with Gasteiger partial charge in [-0.05, 0) is 17.7 Å². The van der Waals surface area contributed by atoms with Crippen LogP contribution in [-0.2, 0) is 4.79 Å². The van der Waals surface area contributed by atoms with Gasteiger partial charge in [-0.2, -0.15) is 8.78 Å². The summed E-state index contributed by atoms with van der Waals surface area (Å²) < 4.78 is 41.1.